The number of hydrogen-bond donors (Lipinski definition) is 2. The third-order valence-corrected chi connectivity index (χ3v) is 5.01. The van der Waals surface area contributed by atoms with Gasteiger partial charge in [0.15, 0.2) is 0 Å². The number of fused-ring (bicyclic) bond motifs is 2. The van der Waals surface area contributed by atoms with Crippen LogP contribution in [-0.4, -0.2) is 31.6 Å². The van der Waals surface area contributed by atoms with Gasteiger partial charge in [0.1, 0.15) is 0 Å². The molecule has 0 saturated heterocycles. The topological polar surface area (TPSA) is 60.6 Å². The summed E-state index contributed by atoms with van der Waals surface area (Å²) in [6.45, 7) is 2.83. The predicted molar refractivity (Wildman–Crippen MR) is 97.9 cm³/mol. The number of nitrogens with zero attached hydrogens (tertiary/aromatic N) is 3. The van der Waals surface area contributed by atoms with E-state index >= 15 is 0 Å². The maximum atomic E-state index is 4.68. The molecule has 2 aromatic heterocycles. The van der Waals surface area contributed by atoms with Crippen molar-refractivity contribution in [1.29, 1.82) is 0 Å². The number of hydrogen-bond acceptors (Lipinski definition) is 3. The van der Waals surface area contributed by atoms with Crippen LogP contribution in [0.25, 0.3) is 22.0 Å². The molecule has 3 heterocycles. The zero-order valence-electron chi connectivity index (χ0n) is 13.9. The van der Waals surface area contributed by atoms with Crippen molar-refractivity contribution in [3.05, 3.63) is 71.9 Å². The second-order valence-electron chi connectivity index (χ2n) is 6.59. The predicted octanol–water partition coefficient (Wildman–Crippen LogP) is 3.51. The molecule has 1 aliphatic heterocycles. The second-order valence-corrected chi connectivity index (χ2v) is 6.59. The van der Waals surface area contributed by atoms with E-state index in [1.165, 1.54) is 27.6 Å². The lowest BCUT2D eigenvalue weighted by Crippen LogP contribution is -2.30. The highest BCUT2D eigenvalue weighted by atomic mass is 15.2. The van der Waals surface area contributed by atoms with Gasteiger partial charge in [-0.15, -0.1) is 0 Å². The molecular weight excluding hydrogens is 310 g/mol. The van der Waals surface area contributed by atoms with Gasteiger partial charge in [-0.25, -0.2) is 4.98 Å². The summed E-state index contributed by atoms with van der Waals surface area (Å²) in [5, 5.41) is 10.5. The summed E-state index contributed by atoms with van der Waals surface area (Å²) in [4.78, 5) is 9.76. The molecule has 25 heavy (non-hydrogen) atoms. The number of aromatic amines is 2. The van der Waals surface area contributed by atoms with Crippen molar-refractivity contribution >= 4 is 10.8 Å². The number of benzene rings is 2. The second kappa shape index (κ2) is 5.86. The van der Waals surface area contributed by atoms with Crippen molar-refractivity contribution in [3.63, 3.8) is 0 Å². The summed E-state index contributed by atoms with van der Waals surface area (Å²) in [5.41, 5.74) is 6.03. The highest BCUT2D eigenvalue weighted by Crippen LogP contribution is 2.33. The van der Waals surface area contributed by atoms with Gasteiger partial charge in [0.05, 0.1) is 12.0 Å². The smallest absolute Gasteiger partial charge is 0.0974 e. The van der Waals surface area contributed by atoms with Gasteiger partial charge < -0.3 is 4.98 Å². The number of rotatable bonds is 3. The lowest BCUT2D eigenvalue weighted by molar-refractivity contribution is 0.242. The van der Waals surface area contributed by atoms with Crippen LogP contribution in [0.3, 0.4) is 0 Å². The Morgan fingerprint density at radius 1 is 1.08 bits per heavy atom. The van der Waals surface area contributed by atoms with E-state index in [-0.39, 0.29) is 0 Å². The Balaban J connectivity index is 1.53. The van der Waals surface area contributed by atoms with Crippen LogP contribution in [-0.2, 0) is 19.5 Å². The third-order valence-electron chi connectivity index (χ3n) is 5.01. The number of nitrogens with one attached hydrogen (secondary N) is 2. The molecule has 0 bridgehead atoms. The normalized spacial score (nSPS) is 14.7. The maximum absolute atomic E-state index is 4.68. The van der Waals surface area contributed by atoms with Gasteiger partial charge >= 0.3 is 0 Å². The van der Waals surface area contributed by atoms with Gasteiger partial charge in [-0.2, -0.15) is 5.10 Å². The number of H-pyrrole nitrogens is 2. The van der Waals surface area contributed by atoms with Crippen molar-refractivity contribution in [2.45, 2.75) is 19.5 Å². The van der Waals surface area contributed by atoms with E-state index in [0.29, 0.717) is 0 Å². The molecule has 2 N–H and O–H groups in total. The molecular formula is C20H19N5. The molecule has 4 aromatic rings. The molecule has 0 amide bonds. The van der Waals surface area contributed by atoms with E-state index in [1.807, 2.05) is 6.20 Å². The van der Waals surface area contributed by atoms with E-state index in [0.717, 1.165) is 37.4 Å². The van der Waals surface area contributed by atoms with Crippen LogP contribution in [0.5, 0.6) is 0 Å². The van der Waals surface area contributed by atoms with E-state index in [9.17, 15) is 0 Å². The zero-order valence-corrected chi connectivity index (χ0v) is 13.9. The largest absolute Gasteiger partial charge is 0.347 e. The van der Waals surface area contributed by atoms with Crippen LogP contribution in [0.4, 0.5) is 0 Å². The van der Waals surface area contributed by atoms with Gasteiger partial charge in [-0.1, -0.05) is 42.5 Å². The molecule has 5 nitrogen and oxygen atoms in total. The van der Waals surface area contributed by atoms with Gasteiger partial charge in [-0.3, -0.25) is 10.00 Å². The molecule has 124 valence electrons. The molecule has 0 radical (unpaired) electrons. The number of imidazole rings is 1. The maximum Gasteiger partial charge on any atom is 0.0974 e. The fourth-order valence-corrected chi connectivity index (χ4v) is 3.75. The van der Waals surface area contributed by atoms with Crippen LogP contribution < -0.4 is 0 Å². The molecule has 0 aliphatic carbocycles. The minimum atomic E-state index is 0.888. The summed E-state index contributed by atoms with van der Waals surface area (Å²) in [6, 6.07) is 15.0. The summed E-state index contributed by atoms with van der Waals surface area (Å²) >= 11 is 0. The quantitative estimate of drug-likeness (QED) is 0.605. The average molecular weight is 329 g/mol. The first-order chi connectivity index (χ1) is 12.4. The fraction of sp³-hybridized carbons (Fsp3) is 0.200. The summed E-state index contributed by atoms with van der Waals surface area (Å²) in [6.07, 6.45) is 4.64. The summed E-state index contributed by atoms with van der Waals surface area (Å²) in [5.74, 6) is 0. The first-order valence-corrected chi connectivity index (χ1v) is 8.62. The van der Waals surface area contributed by atoms with Crippen LogP contribution in [0.2, 0.25) is 0 Å². The molecule has 0 atom stereocenters. The van der Waals surface area contributed by atoms with Crippen LogP contribution in [0.15, 0.2) is 55.0 Å². The average Bonchev–Trinajstić information content (AvgIpc) is 3.31. The van der Waals surface area contributed by atoms with E-state index in [1.54, 1.807) is 6.33 Å². The third kappa shape index (κ3) is 2.53. The highest BCUT2D eigenvalue weighted by Gasteiger charge is 2.23. The van der Waals surface area contributed by atoms with Crippen LogP contribution in [0, 0.1) is 0 Å². The Hall–Kier alpha value is -2.92. The Bertz CT molecular complexity index is 1010. The van der Waals surface area contributed by atoms with Gasteiger partial charge in [0.25, 0.3) is 0 Å². The Morgan fingerprint density at radius 3 is 2.92 bits per heavy atom. The van der Waals surface area contributed by atoms with Crippen molar-refractivity contribution < 1.29 is 0 Å². The van der Waals surface area contributed by atoms with E-state index < -0.39 is 0 Å². The number of aromatic nitrogens is 4. The Morgan fingerprint density at radius 2 is 2.00 bits per heavy atom. The summed E-state index contributed by atoms with van der Waals surface area (Å²) < 4.78 is 0. The minimum absolute atomic E-state index is 0.888. The lowest BCUT2D eigenvalue weighted by atomic mass is 9.97. The van der Waals surface area contributed by atoms with E-state index in [2.05, 4.69) is 67.5 Å². The molecule has 0 unspecified atom stereocenters. The van der Waals surface area contributed by atoms with Crippen LogP contribution >= 0.6 is 0 Å². The Labute approximate surface area is 145 Å². The molecule has 0 spiro atoms. The van der Waals surface area contributed by atoms with Crippen molar-refractivity contribution in [2.75, 3.05) is 6.54 Å². The SMILES string of the molecule is c1ccc2c(-c3n[nH]c4c3CN(Cc3cnc[nH]3)CC4)cccc2c1. The minimum Gasteiger partial charge on any atom is -0.347 e. The Kier molecular flexibility index (Phi) is 3.38. The lowest BCUT2D eigenvalue weighted by Gasteiger charge is -2.26. The van der Waals surface area contributed by atoms with Crippen LogP contribution in [0.1, 0.15) is 17.0 Å². The van der Waals surface area contributed by atoms with Crippen molar-refractivity contribution in [3.8, 4) is 11.3 Å². The molecule has 0 fully saturated rings. The van der Waals surface area contributed by atoms with Crippen molar-refractivity contribution in [2.24, 2.45) is 0 Å². The molecule has 0 saturated carbocycles. The van der Waals surface area contributed by atoms with E-state index in [4.69, 9.17) is 0 Å². The van der Waals surface area contributed by atoms with Gasteiger partial charge in [0, 0.05) is 54.8 Å². The molecule has 1 aliphatic rings. The zero-order chi connectivity index (χ0) is 16.6. The molecule has 2 aromatic carbocycles. The molecule has 5 heteroatoms. The molecule has 5 rings (SSSR count). The standard InChI is InChI=1S/C20H19N5/c1-2-6-16-14(4-1)5-3-7-17(16)20-18-12-25(9-8-19(18)23-24-20)11-15-10-21-13-22-15/h1-7,10,13H,8-9,11-12H2,(H,21,22)(H,23,24). The van der Waals surface area contributed by atoms with Crippen molar-refractivity contribution in [1.82, 2.24) is 25.1 Å². The summed E-state index contributed by atoms with van der Waals surface area (Å²) in [7, 11) is 0. The van der Waals surface area contributed by atoms with Gasteiger partial charge in [-0.05, 0) is 10.8 Å². The fourth-order valence-electron chi connectivity index (χ4n) is 3.75. The monoisotopic (exact) mass is 329 g/mol. The first-order valence-electron chi connectivity index (χ1n) is 8.62. The van der Waals surface area contributed by atoms with Gasteiger partial charge in [0.2, 0.25) is 0 Å². The first kappa shape index (κ1) is 14.4. The highest BCUT2D eigenvalue weighted by molar-refractivity contribution is 5.96.